The number of benzene rings is 2. The third-order valence-electron chi connectivity index (χ3n) is 2.98. The summed E-state index contributed by atoms with van der Waals surface area (Å²) in [5.41, 5.74) is 1.76. The first kappa shape index (κ1) is 14.8. The first-order valence-corrected chi connectivity index (χ1v) is 8.10. The molecule has 0 aliphatic rings. The van der Waals surface area contributed by atoms with Crippen LogP contribution in [0.2, 0.25) is 5.02 Å². The van der Waals surface area contributed by atoms with Crippen LogP contribution >= 0.6 is 11.6 Å². The second-order valence-electron chi connectivity index (χ2n) is 4.43. The zero-order valence-corrected chi connectivity index (χ0v) is 12.4. The molecule has 0 aliphatic carbocycles. The molecule has 0 radical (unpaired) electrons. The van der Waals surface area contributed by atoms with Crippen LogP contribution in [0.25, 0.3) is 0 Å². The molecule has 2 aromatic carbocycles. The van der Waals surface area contributed by atoms with Gasteiger partial charge in [0.05, 0.1) is 17.7 Å². The highest BCUT2D eigenvalue weighted by Gasteiger charge is 2.15. The number of hydrogen-bond acceptors (Lipinski definition) is 2. The molecule has 20 heavy (non-hydrogen) atoms. The lowest BCUT2D eigenvalue weighted by Crippen LogP contribution is -2.10. The van der Waals surface area contributed by atoms with E-state index in [1.807, 2.05) is 48.5 Å². The summed E-state index contributed by atoms with van der Waals surface area (Å²) >= 11 is 6.06. The molecule has 0 aromatic heterocycles. The van der Waals surface area contributed by atoms with E-state index in [1.165, 1.54) is 0 Å². The second-order valence-corrected chi connectivity index (χ2v) is 6.34. The molecule has 2 aromatic rings. The van der Waals surface area contributed by atoms with E-state index in [4.69, 9.17) is 11.6 Å². The van der Waals surface area contributed by atoms with Crippen molar-refractivity contribution in [2.75, 3.05) is 5.75 Å². The molecule has 0 fully saturated rings. The van der Waals surface area contributed by atoms with Crippen LogP contribution in [0.3, 0.4) is 0 Å². The smallest absolute Gasteiger partial charge is 0.0827 e. The highest BCUT2D eigenvalue weighted by molar-refractivity contribution is 7.84. The number of nitrogens with zero attached hydrogens (tertiary/aromatic N) is 1. The SMILES string of the molecule is N#CC(CS(=O)Cc1ccccc1Cl)c1ccccc1. The Balaban J connectivity index is 2.04. The molecule has 2 unspecified atom stereocenters. The minimum Gasteiger partial charge on any atom is -0.259 e. The molecular weight excluding hydrogens is 290 g/mol. The number of halogens is 1. The maximum Gasteiger partial charge on any atom is 0.0827 e. The van der Waals surface area contributed by atoms with E-state index in [-0.39, 0.29) is 5.92 Å². The molecule has 0 saturated heterocycles. The normalized spacial score (nSPS) is 13.4. The van der Waals surface area contributed by atoms with Crippen LogP contribution in [0.1, 0.15) is 17.0 Å². The molecule has 0 heterocycles. The number of nitriles is 1. The van der Waals surface area contributed by atoms with Gasteiger partial charge in [-0.25, -0.2) is 0 Å². The van der Waals surface area contributed by atoms with Crippen molar-refractivity contribution in [1.29, 1.82) is 5.26 Å². The van der Waals surface area contributed by atoms with E-state index in [0.717, 1.165) is 11.1 Å². The molecule has 0 N–H and O–H groups in total. The lowest BCUT2D eigenvalue weighted by atomic mass is 10.0. The van der Waals surface area contributed by atoms with Crippen LogP contribution in [0.4, 0.5) is 0 Å². The van der Waals surface area contributed by atoms with E-state index in [1.54, 1.807) is 6.07 Å². The van der Waals surface area contributed by atoms with E-state index in [2.05, 4.69) is 6.07 Å². The molecule has 2 atom stereocenters. The quantitative estimate of drug-likeness (QED) is 0.840. The fraction of sp³-hybridized carbons (Fsp3) is 0.188. The average molecular weight is 304 g/mol. The predicted octanol–water partition coefficient (Wildman–Crippen LogP) is 3.90. The number of rotatable bonds is 5. The van der Waals surface area contributed by atoms with Gasteiger partial charge in [0.1, 0.15) is 0 Å². The number of hydrogen-bond donors (Lipinski definition) is 0. The third-order valence-corrected chi connectivity index (χ3v) is 4.69. The Hall–Kier alpha value is -1.63. The largest absolute Gasteiger partial charge is 0.259 e. The van der Waals surface area contributed by atoms with Gasteiger partial charge in [0.15, 0.2) is 0 Å². The maximum atomic E-state index is 12.2. The Bertz CT molecular complexity index is 636. The van der Waals surface area contributed by atoms with Crippen LogP contribution in [0.5, 0.6) is 0 Å². The first-order chi connectivity index (χ1) is 9.70. The van der Waals surface area contributed by atoms with Gasteiger partial charge in [-0.3, -0.25) is 4.21 Å². The van der Waals surface area contributed by atoms with E-state index >= 15 is 0 Å². The van der Waals surface area contributed by atoms with Gasteiger partial charge >= 0.3 is 0 Å². The Labute approximate surface area is 126 Å². The molecule has 102 valence electrons. The average Bonchev–Trinajstić information content (AvgIpc) is 2.48. The van der Waals surface area contributed by atoms with E-state index < -0.39 is 10.8 Å². The van der Waals surface area contributed by atoms with E-state index in [9.17, 15) is 9.47 Å². The highest BCUT2D eigenvalue weighted by Crippen LogP contribution is 2.20. The van der Waals surface area contributed by atoms with Crippen molar-refractivity contribution in [1.82, 2.24) is 0 Å². The van der Waals surface area contributed by atoms with Crippen molar-refractivity contribution in [3.05, 3.63) is 70.7 Å². The van der Waals surface area contributed by atoms with Crippen LogP contribution in [0, 0.1) is 11.3 Å². The van der Waals surface area contributed by atoms with Crippen molar-refractivity contribution in [3.63, 3.8) is 0 Å². The predicted molar refractivity (Wildman–Crippen MR) is 83.0 cm³/mol. The third kappa shape index (κ3) is 3.93. The minimum atomic E-state index is -1.12. The fourth-order valence-corrected chi connectivity index (χ4v) is 3.56. The molecule has 0 saturated carbocycles. The molecule has 0 aliphatic heterocycles. The maximum absolute atomic E-state index is 12.2. The van der Waals surface area contributed by atoms with Gasteiger partial charge in [0, 0.05) is 21.6 Å². The van der Waals surface area contributed by atoms with Gasteiger partial charge in [-0.15, -0.1) is 0 Å². The van der Waals surface area contributed by atoms with Gasteiger partial charge in [0.25, 0.3) is 0 Å². The summed E-state index contributed by atoms with van der Waals surface area (Å²) in [6.45, 7) is 0. The zero-order valence-electron chi connectivity index (χ0n) is 10.8. The monoisotopic (exact) mass is 303 g/mol. The summed E-state index contributed by atoms with van der Waals surface area (Å²) in [5.74, 6) is 0.357. The van der Waals surface area contributed by atoms with Crippen molar-refractivity contribution >= 4 is 22.4 Å². The first-order valence-electron chi connectivity index (χ1n) is 6.23. The molecule has 0 bridgehead atoms. The van der Waals surface area contributed by atoms with Crippen molar-refractivity contribution in [3.8, 4) is 6.07 Å². The molecule has 2 rings (SSSR count). The van der Waals surface area contributed by atoms with Gasteiger partial charge in [-0.1, -0.05) is 60.1 Å². The van der Waals surface area contributed by atoms with Crippen molar-refractivity contribution in [2.24, 2.45) is 0 Å². The summed E-state index contributed by atoms with van der Waals surface area (Å²) in [6.07, 6.45) is 0. The van der Waals surface area contributed by atoms with Crippen LogP contribution in [0.15, 0.2) is 54.6 Å². The second kappa shape index (κ2) is 7.23. The Morgan fingerprint density at radius 2 is 1.75 bits per heavy atom. The highest BCUT2D eigenvalue weighted by atomic mass is 35.5. The standard InChI is InChI=1S/C16H14ClNOS/c17-16-9-5-4-8-14(16)11-20(19)12-15(10-18)13-6-2-1-3-7-13/h1-9,15H,11-12H2. The van der Waals surface area contributed by atoms with Gasteiger partial charge < -0.3 is 0 Å². The summed E-state index contributed by atoms with van der Waals surface area (Å²) in [4.78, 5) is 0. The topological polar surface area (TPSA) is 40.9 Å². The minimum absolute atomic E-state index is 0.325. The lowest BCUT2D eigenvalue weighted by molar-refractivity contribution is 0.680. The summed E-state index contributed by atoms with van der Waals surface area (Å²) < 4.78 is 12.2. The van der Waals surface area contributed by atoms with Gasteiger partial charge in [-0.05, 0) is 17.2 Å². The summed E-state index contributed by atoms with van der Waals surface area (Å²) in [5, 5.41) is 9.86. The fourth-order valence-electron chi connectivity index (χ4n) is 1.93. The summed E-state index contributed by atoms with van der Waals surface area (Å²) in [7, 11) is -1.12. The Morgan fingerprint density at radius 3 is 2.40 bits per heavy atom. The molecule has 0 amide bonds. The summed E-state index contributed by atoms with van der Waals surface area (Å²) in [6, 6.07) is 19.0. The van der Waals surface area contributed by atoms with Crippen LogP contribution in [-0.2, 0) is 16.6 Å². The molecular formula is C16H14ClNOS. The van der Waals surface area contributed by atoms with Gasteiger partial charge in [0.2, 0.25) is 0 Å². The van der Waals surface area contributed by atoms with E-state index in [0.29, 0.717) is 16.5 Å². The Kier molecular flexibility index (Phi) is 5.34. The lowest BCUT2D eigenvalue weighted by Gasteiger charge is -2.10. The zero-order chi connectivity index (χ0) is 14.4. The Morgan fingerprint density at radius 1 is 1.10 bits per heavy atom. The van der Waals surface area contributed by atoms with Crippen LogP contribution < -0.4 is 0 Å². The van der Waals surface area contributed by atoms with Crippen LogP contribution in [-0.4, -0.2) is 9.96 Å². The van der Waals surface area contributed by atoms with Crippen molar-refractivity contribution in [2.45, 2.75) is 11.7 Å². The van der Waals surface area contributed by atoms with Gasteiger partial charge in [-0.2, -0.15) is 5.26 Å². The van der Waals surface area contributed by atoms with Crippen molar-refractivity contribution < 1.29 is 4.21 Å². The molecule has 2 nitrogen and oxygen atoms in total. The molecule has 4 heteroatoms. The molecule has 0 spiro atoms.